The molecule has 0 spiro atoms. The molecule has 5 heteroatoms. The second-order valence-electron chi connectivity index (χ2n) is 7.73. The van der Waals surface area contributed by atoms with E-state index >= 15 is 0 Å². The number of carbonyl (C=O) groups excluding carboxylic acids is 1. The smallest absolute Gasteiger partial charge is 0.263 e. The second-order valence-corrected chi connectivity index (χ2v) is 8.98. The molecule has 144 valence electrons. The van der Waals surface area contributed by atoms with E-state index in [2.05, 4.69) is 30.4 Å². The number of methoxy groups -OCH3 is 1. The van der Waals surface area contributed by atoms with Gasteiger partial charge >= 0.3 is 0 Å². The number of aryl methyl sites for hydroxylation is 1. The Bertz CT molecular complexity index is 787. The highest BCUT2D eigenvalue weighted by Crippen LogP contribution is 2.33. The minimum Gasteiger partial charge on any atom is -0.497 e. The highest BCUT2D eigenvalue weighted by molar-refractivity contribution is 7.14. The van der Waals surface area contributed by atoms with Gasteiger partial charge in [-0.15, -0.1) is 11.3 Å². The number of nitrogens with one attached hydrogen (secondary N) is 1. The first kappa shape index (κ1) is 18.5. The lowest BCUT2D eigenvalue weighted by atomic mass is 10.0. The van der Waals surface area contributed by atoms with Gasteiger partial charge in [0.05, 0.1) is 12.0 Å². The third kappa shape index (κ3) is 4.36. The summed E-state index contributed by atoms with van der Waals surface area (Å²) in [7, 11) is 1.67. The minimum atomic E-state index is 0.184. The molecule has 0 bridgehead atoms. The predicted octanol–water partition coefficient (Wildman–Crippen LogP) is 4.34. The number of piperidine rings is 1. The number of benzene rings is 1. The summed E-state index contributed by atoms with van der Waals surface area (Å²) in [6.07, 6.45) is 4.90. The summed E-state index contributed by atoms with van der Waals surface area (Å²) in [6.45, 7) is 4.97. The van der Waals surface area contributed by atoms with E-state index in [1.807, 2.05) is 17.0 Å². The van der Waals surface area contributed by atoms with Gasteiger partial charge in [0.1, 0.15) is 5.75 Å². The Labute approximate surface area is 165 Å². The molecule has 1 saturated carbocycles. The van der Waals surface area contributed by atoms with Crippen LogP contribution in [0.2, 0.25) is 0 Å². The van der Waals surface area contributed by atoms with Crippen molar-refractivity contribution in [1.29, 1.82) is 0 Å². The Kier molecular flexibility index (Phi) is 5.50. The number of thiophene rings is 1. The number of hydrogen-bond acceptors (Lipinski definition) is 4. The number of hydrogen-bond donors (Lipinski definition) is 1. The fourth-order valence-corrected chi connectivity index (χ4v) is 4.75. The van der Waals surface area contributed by atoms with Crippen LogP contribution >= 0.6 is 11.3 Å². The number of ether oxygens (including phenoxy) is 1. The molecule has 27 heavy (non-hydrogen) atoms. The van der Waals surface area contributed by atoms with E-state index in [0.717, 1.165) is 60.1 Å². The van der Waals surface area contributed by atoms with Crippen molar-refractivity contribution >= 4 is 17.2 Å². The fourth-order valence-electron chi connectivity index (χ4n) is 3.74. The van der Waals surface area contributed by atoms with Gasteiger partial charge in [-0.3, -0.25) is 4.79 Å². The lowest BCUT2D eigenvalue weighted by molar-refractivity contribution is 0.0710. The quantitative estimate of drug-likeness (QED) is 0.806. The van der Waals surface area contributed by atoms with Gasteiger partial charge in [0.25, 0.3) is 5.91 Å². The number of rotatable bonds is 6. The molecule has 0 unspecified atom stereocenters. The Balaban J connectivity index is 1.39. The number of carbonyl (C=O) groups is 1. The first-order valence-corrected chi connectivity index (χ1v) is 10.7. The average molecular weight is 385 g/mol. The lowest BCUT2D eigenvalue weighted by Gasteiger charge is -2.32. The van der Waals surface area contributed by atoms with Crippen LogP contribution < -0.4 is 10.1 Å². The van der Waals surface area contributed by atoms with Crippen LogP contribution in [0.5, 0.6) is 5.75 Å². The average Bonchev–Trinajstić information content (AvgIpc) is 3.46. The van der Waals surface area contributed by atoms with Gasteiger partial charge in [0.2, 0.25) is 0 Å². The maximum atomic E-state index is 13.0. The molecule has 0 radical (unpaired) electrons. The molecule has 1 aliphatic carbocycles. The van der Waals surface area contributed by atoms with Crippen molar-refractivity contribution in [3.8, 4) is 16.9 Å². The zero-order chi connectivity index (χ0) is 18.8. The summed E-state index contributed by atoms with van der Waals surface area (Å²) in [6, 6.07) is 10.7. The topological polar surface area (TPSA) is 41.6 Å². The summed E-state index contributed by atoms with van der Waals surface area (Å²) in [5.74, 6) is 1.94. The van der Waals surface area contributed by atoms with Crippen molar-refractivity contribution in [3.05, 3.63) is 40.1 Å². The van der Waals surface area contributed by atoms with Crippen LogP contribution in [0, 0.1) is 12.8 Å². The van der Waals surface area contributed by atoms with Crippen LogP contribution in [0.25, 0.3) is 11.1 Å². The third-order valence-corrected chi connectivity index (χ3v) is 6.74. The minimum absolute atomic E-state index is 0.184. The van der Waals surface area contributed by atoms with Crippen molar-refractivity contribution < 1.29 is 9.53 Å². The van der Waals surface area contributed by atoms with E-state index in [0.29, 0.717) is 6.04 Å². The zero-order valence-electron chi connectivity index (χ0n) is 16.2. The molecule has 1 saturated heterocycles. The summed E-state index contributed by atoms with van der Waals surface area (Å²) < 4.78 is 5.24. The summed E-state index contributed by atoms with van der Waals surface area (Å²) >= 11 is 1.61. The van der Waals surface area contributed by atoms with Crippen molar-refractivity contribution in [2.75, 3.05) is 26.7 Å². The highest BCUT2D eigenvalue weighted by Gasteiger charge is 2.27. The van der Waals surface area contributed by atoms with Crippen LogP contribution in [0.3, 0.4) is 0 Å². The van der Waals surface area contributed by atoms with Crippen molar-refractivity contribution in [3.63, 3.8) is 0 Å². The molecule has 1 N–H and O–H groups in total. The van der Waals surface area contributed by atoms with E-state index < -0.39 is 0 Å². The molecular formula is C22H28N2O2S. The zero-order valence-corrected chi connectivity index (χ0v) is 17.0. The van der Waals surface area contributed by atoms with E-state index in [9.17, 15) is 4.79 Å². The number of nitrogens with zero attached hydrogens (tertiary/aromatic N) is 1. The molecule has 1 aliphatic heterocycles. The highest BCUT2D eigenvalue weighted by atomic mass is 32.1. The molecule has 0 atom stereocenters. The van der Waals surface area contributed by atoms with Gasteiger partial charge in [-0.05, 0) is 74.4 Å². The van der Waals surface area contributed by atoms with Crippen LogP contribution in [0.1, 0.15) is 40.2 Å². The van der Waals surface area contributed by atoms with Gasteiger partial charge in [-0.2, -0.15) is 0 Å². The molecule has 4 rings (SSSR count). The molecule has 2 aromatic rings. The first-order valence-electron chi connectivity index (χ1n) is 9.91. The summed E-state index contributed by atoms with van der Waals surface area (Å²) in [5.41, 5.74) is 2.28. The molecule has 1 amide bonds. The number of amides is 1. The monoisotopic (exact) mass is 384 g/mol. The van der Waals surface area contributed by atoms with E-state index in [1.54, 1.807) is 18.4 Å². The van der Waals surface area contributed by atoms with Gasteiger partial charge in [-0.25, -0.2) is 0 Å². The van der Waals surface area contributed by atoms with Crippen molar-refractivity contribution in [1.82, 2.24) is 10.2 Å². The molecule has 2 heterocycles. The first-order chi connectivity index (χ1) is 13.1. The maximum absolute atomic E-state index is 13.0. The molecule has 1 aromatic heterocycles. The molecule has 4 nitrogen and oxygen atoms in total. The van der Waals surface area contributed by atoms with Crippen LogP contribution in [-0.2, 0) is 0 Å². The number of likely N-dealkylation sites (tertiary alicyclic amines) is 1. The van der Waals surface area contributed by atoms with Crippen LogP contribution in [0.15, 0.2) is 30.3 Å². The van der Waals surface area contributed by atoms with Crippen LogP contribution in [0.4, 0.5) is 0 Å². The van der Waals surface area contributed by atoms with Crippen molar-refractivity contribution in [2.24, 2.45) is 5.92 Å². The Morgan fingerprint density at radius 3 is 2.52 bits per heavy atom. The Hall–Kier alpha value is -1.85. The van der Waals surface area contributed by atoms with E-state index in [4.69, 9.17) is 4.74 Å². The van der Waals surface area contributed by atoms with Crippen LogP contribution in [-0.4, -0.2) is 43.6 Å². The van der Waals surface area contributed by atoms with Gasteiger partial charge in [0, 0.05) is 24.0 Å². The summed E-state index contributed by atoms with van der Waals surface area (Å²) in [4.78, 5) is 17.0. The fraction of sp³-hybridized carbons (Fsp3) is 0.500. The maximum Gasteiger partial charge on any atom is 0.263 e. The molecule has 2 fully saturated rings. The van der Waals surface area contributed by atoms with Gasteiger partial charge in [-0.1, -0.05) is 12.1 Å². The largest absolute Gasteiger partial charge is 0.497 e. The predicted molar refractivity (Wildman–Crippen MR) is 111 cm³/mol. The van der Waals surface area contributed by atoms with Gasteiger partial charge in [0.15, 0.2) is 0 Å². The summed E-state index contributed by atoms with van der Waals surface area (Å²) in [5, 5.41) is 3.68. The molecular weight excluding hydrogens is 356 g/mol. The SMILES string of the molecule is COc1ccc(-c2cc(C(=O)N3CCC(NCC4CC4)CC3)sc2C)cc1. The third-order valence-electron chi connectivity index (χ3n) is 5.70. The lowest BCUT2D eigenvalue weighted by Crippen LogP contribution is -2.45. The molecule has 2 aliphatic rings. The van der Waals surface area contributed by atoms with Crippen molar-refractivity contribution in [2.45, 2.75) is 38.6 Å². The Morgan fingerprint density at radius 1 is 1.19 bits per heavy atom. The van der Waals surface area contributed by atoms with E-state index in [1.165, 1.54) is 17.7 Å². The normalized spacial score (nSPS) is 17.9. The Morgan fingerprint density at radius 2 is 1.89 bits per heavy atom. The van der Waals surface area contributed by atoms with Gasteiger partial charge < -0.3 is 15.0 Å². The van der Waals surface area contributed by atoms with E-state index in [-0.39, 0.29) is 5.91 Å². The molecule has 1 aromatic carbocycles. The second kappa shape index (κ2) is 8.03. The standard InChI is InChI=1S/C22H28N2O2S/c1-15-20(17-5-7-19(26-2)8-6-17)13-21(27-15)22(25)24-11-9-18(10-12-24)23-14-16-3-4-16/h5-8,13,16,18,23H,3-4,9-12,14H2,1-2H3.